The van der Waals surface area contributed by atoms with E-state index < -0.39 is 0 Å². The number of thiocarbonyl (C=S) groups is 1. The average Bonchev–Trinajstić information content (AvgIpc) is 2.46. The van der Waals surface area contributed by atoms with Crippen molar-refractivity contribution in [2.24, 2.45) is 5.73 Å². The van der Waals surface area contributed by atoms with Gasteiger partial charge in [0.25, 0.3) is 0 Å². The molecule has 2 aromatic rings. The zero-order valence-corrected chi connectivity index (χ0v) is 11.4. The molecular formula is C15H15NO2S. The van der Waals surface area contributed by atoms with Crippen molar-refractivity contribution in [3.63, 3.8) is 0 Å². The molecule has 0 aromatic heterocycles. The first-order valence-electron chi connectivity index (χ1n) is 5.84. The Labute approximate surface area is 118 Å². The van der Waals surface area contributed by atoms with Crippen LogP contribution in [0, 0.1) is 0 Å². The number of benzene rings is 2. The van der Waals surface area contributed by atoms with Crippen LogP contribution in [0.5, 0.6) is 11.5 Å². The van der Waals surface area contributed by atoms with Gasteiger partial charge in [0.15, 0.2) is 0 Å². The van der Waals surface area contributed by atoms with E-state index in [0.717, 1.165) is 22.6 Å². The van der Waals surface area contributed by atoms with E-state index in [2.05, 4.69) is 0 Å². The minimum Gasteiger partial charge on any atom is -0.497 e. The summed E-state index contributed by atoms with van der Waals surface area (Å²) in [6.07, 6.45) is 0. The fourth-order valence-corrected chi connectivity index (χ4v) is 1.75. The molecule has 19 heavy (non-hydrogen) atoms. The summed E-state index contributed by atoms with van der Waals surface area (Å²) in [4.78, 5) is 0.370. The van der Waals surface area contributed by atoms with Gasteiger partial charge in [0.1, 0.15) is 23.1 Å². The van der Waals surface area contributed by atoms with Gasteiger partial charge in [0, 0.05) is 5.56 Å². The molecule has 0 saturated carbocycles. The van der Waals surface area contributed by atoms with Crippen LogP contribution in [0.25, 0.3) is 0 Å². The molecule has 0 heterocycles. The summed E-state index contributed by atoms with van der Waals surface area (Å²) in [7, 11) is 1.65. The SMILES string of the molecule is COc1ccc(COc2cccc(C(N)=S)c2)cc1. The van der Waals surface area contributed by atoms with Crippen molar-refractivity contribution in [2.45, 2.75) is 6.61 Å². The molecule has 0 aliphatic carbocycles. The number of methoxy groups -OCH3 is 1. The highest BCUT2D eigenvalue weighted by atomic mass is 32.1. The van der Waals surface area contributed by atoms with E-state index in [1.807, 2.05) is 48.5 Å². The van der Waals surface area contributed by atoms with Crippen LogP contribution in [-0.4, -0.2) is 12.1 Å². The first-order chi connectivity index (χ1) is 9.19. The normalized spacial score (nSPS) is 9.95. The van der Waals surface area contributed by atoms with Gasteiger partial charge in [-0.15, -0.1) is 0 Å². The Bertz CT molecular complexity index is 567. The highest BCUT2D eigenvalue weighted by Crippen LogP contribution is 2.16. The zero-order valence-electron chi connectivity index (χ0n) is 10.6. The van der Waals surface area contributed by atoms with Crippen LogP contribution >= 0.6 is 12.2 Å². The largest absolute Gasteiger partial charge is 0.497 e. The van der Waals surface area contributed by atoms with Gasteiger partial charge in [-0.05, 0) is 29.8 Å². The fourth-order valence-electron chi connectivity index (χ4n) is 1.63. The molecule has 0 aliphatic heterocycles. The van der Waals surface area contributed by atoms with Gasteiger partial charge in [-0.1, -0.05) is 36.5 Å². The van der Waals surface area contributed by atoms with E-state index in [4.69, 9.17) is 27.4 Å². The molecule has 2 N–H and O–H groups in total. The minimum absolute atomic E-state index is 0.370. The molecule has 3 nitrogen and oxygen atoms in total. The van der Waals surface area contributed by atoms with E-state index in [1.54, 1.807) is 7.11 Å². The van der Waals surface area contributed by atoms with Crippen LogP contribution in [0.2, 0.25) is 0 Å². The minimum atomic E-state index is 0.370. The van der Waals surface area contributed by atoms with E-state index >= 15 is 0 Å². The standard InChI is InChI=1S/C15H15NO2S/c1-17-13-7-5-11(6-8-13)10-18-14-4-2-3-12(9-14)15(16)19/h2-9H,10H2,1H3,(H2,16,19). The maximum atomic E-state index is 5.70. The summed E-state index contributed by atoms with van der Waals surface area (Å²) in [5, 5.41) is 0. The lowest BCUT2D eigenvalue weighted by Gasteiger charge is -2.08. The van der Waals surface area contributed by atoms with E-state index in [0.29, 0.717) is 11.6 Å². The van der Waals surface area contributed by atoms with E-state index in [-0.39, 0.29) is 0 Å². The lowest BCUT2D eigenvalue weighted by atomic mass is 10.2. The molecule has 2 rings (SSSR count). The molecule has 0 spiro atoms. The molecule has 4 heteroatoms. The van der Waals surface area contributed by atoms with E-state index in [9.17, 15) is 0 Å². The van der Waals surface area contributed by atoms with Crippen molar-refractivity contribution in [2.75, 3.05) is 7.11 Å². The Hall–Kier alpha value is -2.07. The second-order valence-corrected chi connectivity index (χ2v) is 4.47. The van der Waals surface area contributed by atoms with Crippen LogP contribution in [0.15, 0.2) is 48.5 Å². The van der Waals surface area contributed by atoms with Crippen molar-refractivity contribution in [1.82, 2.24) is 0 Å². The van der Waals surface area contributed by atoms with Crippen LogP contribution in [0.3, 0.4) is 0 Å². The van der Waals surface area contributed by atoms with Crippen molar-refractivity contribution >= 4 is 17.2 Å². The van der Waals surface area contributed by atoms with E-state index in [1.165, 1.54) is 0 Å². The van der Waals surface area contributed by atoms with Crippen molar-refractivity contribution in [3.8, 4) is 11.5 Å². The van der Waals surface area contributed by atoms with Crippen molar-refractivity contribution in [3.05, 3.63) is 59.7 Å². The van der Waals surface area contributed by atoms with Gasteiger partial charge in [-0.25, -0.2) is 0 Å². The quantitative estimate of drug-likeness (QED) is 0.851. The smallest absolute Gasteiger partial charge is 0.120 e. The first kappa shape index (κ1) is 13.4. The molecule has 0 amide bonds. The third-order valence-electron chi connectivity index (χ3n) is 2.68. The second-order valence-electron chi connectivity index (χ2n) is 4.03. The highest BCUT2D eigenvalue weighted by Gasteiger charge is 2.00. The van der Waals surface area contributed by atoms with Crippen molar-refractivity contribution in [1.29, 1.82) is 0 Å². The van der Waals surface area contributed by atoms with Gasteiger partial charge in [0.05, 0.1) is 7.11 Å². The topological polar surface area (TPSA) is 44.5 Å². The van der Waals surface area contributed by atoms with Gasteiger partial charge in [-0.2, -0.15) is 0 Å². The number of hydrogen-bond acceptors (Lipinski definition) is 3. The molecule has 2 aromatic carbocycles. The average molecular weight is 273 g/mol. The highest BCUT2D eigenvalue weighted by molar-refractivity contribution is 7.80. The lowest BCUT2D eigenvalue weighted by Crippen LogP contribution is -2.09. The third kappa shape index (κ3) is 3.69. The third-order valence-corrected chi connectivity index (χ3v) is 2.92. The van der Waals surface area contributed by atoms with Gasteiger partial charge >= 0.3 is 0 Å². The summed E-state index contributed by atoms with van der Waals surface area (Å²) >= 11 is 4.94. The molecule has 0 bridgehead atoms. The zero-order chi connectivity index (χ0) is 13.7. The molecule has 0 saturated heterocycles. The molecule has 0 unspecified atom stereocenters. The van der Waals surface area contributed by atoms with Crippen LogP contribution in [0.1, 0.15) is 11.1 Å². The predicted molar refractivity (Wildman–Crippen MR) is 79.7 cm³/mol. The van der Waals surface area contributed by atoms with Gasteiger partial charge < -0.3 is 15.2 Å². The Morgan fingerprint density at radius 1 is 1.11 bits per heavy atom. The molecule has 0 atom stereocenters. The monoisotopic (exact) mass is 273 g/mol. The number of rotatable bonds is 5. The Morgan fingerprint density at radius 2 is 1.84 bits per heavy atom. The predicted octanol–water partition coefficient (Wildman–Crippen LogP) is 2.91. The Kier molecular flexibility index (Phi) is 4.36. The van der Waals surface area contributed by atoms with Crippen molar-refractivity contribution < 1.29 is 9.47 Å². The summed E-state index contributed by atoms with van der Waals surface area (Å²) < 4.78 is 10.8. The maximum Gasteiger partial charge on any atom is 0.120 e. The Balaban J connectivity index is 2.01. The maximum absolute atomic E-state index is 5.70. The molecule has 98 valence electrons. The molecule has 0 radical (unpaired) electrons. The van der Waals surface area contributed by atoms with Gasteiger partial charge in [0.2, 0.25) is 0 Å². The summed E-state index contributed by atoms with van der Waals surface area (Å²) in [5.74, 6) is 1.58. The fraction of sp³-hybridized carbons (Fsp3) is 0.133. The van der Waals surface area contributed by atoms with Crippen LogP contribution in [-0.2, 0) is 6.61 Å². The van der Waals surface area contributed by atoms with Crippen LogP contribution in [0.4, 0.5) is 0 Å². The summed E-state index contributed by atoms with van der Waals surface area (Å²) in [6.45, 7) is 0.491. The lowest BCUT2D eigenvalue weighted by molar-refractivity contribution is 0.306. The molecule has 0 fully saturated rings. The second kappa shape index (κ2) is 6.20. The van der Waals surface area contributed by atoms with Crippen LogP contribution < -0.4 is 15.2 Å². The number of hydrogen-bond donors (Lipinski definition) is 1. The summed E-state index contributed by atoms with van der Waals surface area (Å²) in [5.41, 5.74) is 7.46. The summed E-state index contributed by atoms with van der Waals surface area (Å²) in [6, 6.07) is 15.2. The van der Waals surface area contributed by atoms with Gasteiger partial charge in [-0.3, -0.25) is 0 Å². The first-order valence-corrected chi connectivity index (χ1v) is 6.25. The number of ether oxygens (including phenoxy) is 2. The molecular weight excluding hydrogens is 258 g/mol. The number of nitrogens with two attached hydrogens (primary N) is 1. The Morgan fingerprint density at radius 3 is 2.47 bits per heavy atom. The molecule has 0 aliphatic rings.